The van der Waals surface area contributed by atoms with Gasteiger partial charge in [-0.2, -0.15) is 0 Å². The standard InChI is InChI=1S/C20H20N4O5/c1-25-14-8-12-13(9-15(14)26-2)21-10-24-19(22-23-20(12)24)11-6-16(27-3)18(29-5)17(7-11)28-4/h6-10H,1-5H3. The van der Waals surface area contributed by atoms with Gasteiger partial charge in [0.05, 0.1) is 41.1 Å². The molecule has 9 heteroatoms. The first-order chi connectivity index (χ1) is 14.1. The number of methoxy groups -OCH3 is 5. The van der Waals surface area contributed by atoms with Gasteiger partial charge in [-0.15, -0.1) is 10.2 Å². The van der Waals surface area contributed by atoms with Crippen molar-refractivity contribution >= 4 is 16.6 Å². The minimum Gasteiger partial charge on any atom is -0.493 e. The average Bonchev–Trinajstić information content (AvgIpc) is 3.21. The van der Waals surface area contributed by atoms with Crippen LogP contribution < -0.4 is 23.7 Å². The van der Waals surface area contributed by atoms with E-state index in [0.29, 0.717) is 40.2 Å². The van der Waals surface area contributed by atoms with Gasteiger partial charge in [-0.1, -0.05) is 0 Å². The summed E-state index contributed by atoms with van der Waals surface area (Å²) in [6.45, 7) is 0. The summed E-state index contributed by atoms with van der Waals surface area (Å²) in [5.74, 6) is 3.34. The van der Waals surface area contributed by atoms with Crippen molar-refractivity contribution in [1.29, 1.82) is 0 Å². The van der Waals surface area contributed by atoms with Gasteiger partial charge in [0.25, 0.3) is 0 Å². The summed E-state index contributed by atoms with van der Waals surface area (Å²) >= 11 is 0. The van der Waals surface area contributed by atoms with Gasteiger partial charge in [-0.05, 0) is 18.2 Å². The molecule has 2 heterocycles. The van der Waals surface area contributed by atoms with Crippen molar-refractivity contribution in [2.75, 3.05) is 35.5 Å². The molecule has 2 aromatic heterocycles. The lowest BCUT2D eigenvalue weighted by atomic mass is 10.1. The fraction of sp³-hybridized carbons (Fsp3) is 0.250. The van der Waals surface area contributed by atoms with Gasteiger partial charge in [0.2, 0.25) is 5.75 Å². The molecule has 0 saturated carbocycles. The summed E-state index contributed by atoms with van der Waals surface area (Å²) in [5, 5.41) is 9.53. The highest BCUT2D eigenvalue weighted by Crippen LogP contribution is 2.41. The molecular formula is C20H20N4O5. The molecule has 0 N–H and O–H groups in total. The van der Waals surface area contributed by atoms with E-state index in [1.165, 1.54) is 0 Å². The lowest BCUT2D eigenvalue weighted by Crippen LogP contribution is -1.98. The van der Waals surface area contributed by atoms with E-state index in [2.05, 4.69) is 15.2 Å². The van der Waals surface area contributed by atoms with Gasteiger partial charge in [0.15, 0.2) is 34.5 Å². The van der Waals surface area contributed by atoms with Crippen molar-refractivity contribution in [2.45, 2.75) is 0 Å². The first-order valence-electron chi connectivity index (χ1n) is 8.71. The van der Waals surface area contributed by atoms with Gasteiger partial charge in [-0.25, -0.2) is 4.98 Å². The molecule has 0 aliphatic rings. The Hall–Kier alpha value is -3.75. The Labute approximate surface area is 166 Å². The second kappa shape index (κ2) is 7.34. The molecule has 0 spiro atoms. The summed E-state index contributed by atoms with van der Waals surface area (Å²) in [5.41, 5.74) is 2.10. The smallest absolute Gasteiger partial charge is 0.203 e. The number of hydrogen-bond donors (Lipinski definition) is 0. The van der Waals surface area contributed by atoms with Crippen LogP contribution in [0.5, 0.6) is 28.7 Å². The number of ether oxygens (including phenoxy) is 5. The molecule has 0 saturated heterocycles. The molecule has 0 radical (unpaired) electrons. The predicted octanol–water partition coefficient (Wildman–Crippen LogP) is 2.99. The summed E-state index contributed by atoms with van der Waals surface area (Å²) in [6, 6.07) is 7.28. The maximum atomic E-state index is 5.45. The van der Waals surface area contributed by atoms with Crippen LogP contribution in [0.3, 0.4) is 0 Å². The van der Waals surface area contributed by atoms with Crippen LogP contribution in [0.1, 0.15) is 0 Å². The minimum atomic E-state index is 0.507. The van der Waals surface area contributed by atoms with Gasteiger partial charge in [0, 0.05) is 17.0 Å². The van der Waals surface area contributed by atoms with Crippen molar-refractivity contribution in [2.24, 2.45) is 0 Å². The van der Waals surface area contributed by atoms with Gasteiger partial charge in [-0.3, -0.25) is 4.40 Å². The summed E-state index contributed by atoms with van der Waals surface area (Å²) in [4.78, 5) is 4.53. The fourth-order valence-corrected chi connectivity index (χ4v) is 3.27. The highest BCUT2D eigenvalue weighted by molar-refractivity contribution is 5.94. The van der Waals surface area contributed by atoms with Crippen molar-refractivity contribution in [1.82, 2.24) is 19.6 Å². The Morgan fingerprint density at radius 2 is 1.31 bits per heavy atom. The zero-order valence-corrected chi connectivity index (χ0v) is 16.7. The third kappa shape index (κ3) is 2.91. The van der Waals surface area contributed by atoms with Crippen LogP contribution in [-0.4, -0.2) is 55.1 Å². The molecule has 2 aromatic carbocycles. The van der Waals surface area contributed by atoms with Gasteiger partial charge < -0.3 is 23.7 Å². The lowest BCUT2D eigenvalue weighted by Gasteiger charge is -2.13. The second-order valence-electron chi connectivity index (χ2n) is 6.10. The maximum absolute atomic E-state index is 5.45. The van der Waals surface area contributed by atoms with Gasteiger partial charge >= 0.3 is 0 Å². The molecule has 0 unspecified atom stereocenters. The topological polar surface area (TPSA) is 89.2 Å². The largest absolute Gasteiger partial charge is 0.493 e. The highest BCUT2D eigenvalue weighted by atomic mass is 16.5. The number of benzene rings is 2. The van der Waals surface area contributed by atoms with Crippen LogP contribution in [0.4, 0.5) is 0 Å². The predicted molar refractivity (Wildman–Crippen MR) is 106 cm³/mol. The highest BCUT2D eigenvalue weighted by Gasteiger charge is 2.19. The van der Waals surface area contributed by atoms with Gasteiger partial charge in [0.1, 0.15) is 6.33 Å². The Balaban J connectivity index is 1.95. The molecule has 4 aromatic rings. The Morgan fingerprint density at radius 1 is 0.690 bits per heavy atom. The van der Waals surface area contributed by atoms with Crippen LogP contribution in [0.15, 0.2) is 30.6 Å². The van der Waals surface area contributed by atoms with E-state index in [-0.39, 0.29) is 0 Å². The van der Waals surface area contributed by atoms with Crippen molar-refractivity contribution in [3.8, 4) is 40.1 Å². The fourth-order valence-electron chi connectivity index (χ4n) is 3.27. The molecule has 4 rings (SSSR count). The van der Waals surface area contributed by atoms with Crippen molar-refractivity contribution in [3.63, 3.8) is 0 Å². The Morgan fingerprint density at radius 3 is 1.90 bits per heavy atom. The Kier molecular flexibility index (Phi) is 4.71. The first-order valence-corrected chi connectivity index (χ1v) is 8.71. The summed E-state index contributed by atoms with van der Waals surface area (Å²) in [6.07, 6.45) is 1.67. The molecule has 0 bridgehead atoms. The van der Waals surface area contributed by atoms with Crippen LogP contribution in [0.25, 0.3) is 27.9 Å². The van der Waals surface area contributed by atoms with E-state index in [9.17, 15) is 0 Å². The second-order valence-corrected chi connectivity index (χ2v) is 6.10. The van der Waals surface area contributed by atoms with Crippen LogP contribution in [-0.2, 0) is 0 Å². The third-order valence-corrected chi connectivity index (χ3v) is 4.67. The molecule has 0 amide bonds. The molecule has 0 atom stereocenters. The third-order valence-electron chi connectivity index (χ3n) is 4.67. The normalized spacial score (nSPS) is 10.9. The molecule has 29 heavy (non-hydrogen) atoms. The summed E-state index contributed by atoms with van der Waals surface area (Å²) in [7, 11) is 7.87. The van der Waals surface area contributed by atoms with E-state index >= 15 is 0 Å². The minimum absolute atomic E-state index is 0.507. The number of rotatable bonds is 6. The van der Waals surface area contributed by atoms with E-state index in [1.807, 2.05) is 24.3 Å². The van der Waals surface area contributed by atoms with Crippen LogP contribution in [0, 0.1) is 0 Å². The van der Waals surface area contributed by atoms with E-state index in [4.69, 9.17) is 23.7 Å². The van der Waals surface area contributed by atoms with Crippen LogP contribution >= 0.6 is 0 Å². The van der Waals surface area contributed by atoms with E-state index in [0.717, 1.165) is 16.5 Å². The van der Waals surface area contributed by atoms with E-state index < -0.39 is 0 Å². The molecule has 9 nitrogen and oxygen atoms in total. The molecule has 0 aliphatic heterocycles. The summed E-state index contributed by atoms with van der Waals surface area (Å²) < 4.78 is 28.9. The molecular weight excluding hydrogens is 376 g/mol. The average molecular weight is 396 g/mol. The van der Waals surface area contributed by atoms with E-state index in [1.54, 1.807) is 46.3 Å². The number of fused-ring (bicyclic) bond motifs is 3. The lowest BCUT2D eigenvalue weighted by molar-refractivity contribution is 0.324. The number of aromatic nitrogens is 4. The first kappa shape index (κ1) is 18.6. The number of hydrogen-bond acceptors (Lipinski definition) is 8. The zero-order valence-electron chi connectivity index (χ0n) is 16.7. The zero-order chi connectivity index (χ0) is 20.5. The Bertz CT molecular complexity index is 1180. The quantitative estimate of drug-likeness (QED) is 0.491. The number of nitrogens with zero attached hydrogens (tertiary/aromatic N) is 4. The molecule has 0 aliphatic carbocycles. The van der Waals surface area contributed by atoms with Crippen LogP contribution in [0.2, 0.25) is 0 Å². The van der Waals surface area contributed by atoms with Crippen molar-refractivity contribution in [3.05, 3.63) is 30.6 Å². The maximum Gasteiger partial charge on any atom is 0.203 e. The monoisotopic (exact) mass is 396 g/mol. The van der Waals surface area contributed by atoms with Crippen molar-refractivity contribution < 1.29 is 23.7 Å². The molecule has 0 fully saturated rings. The SMILES string of the molecule is COc1cc2ncn3c(-c4cc(OC)c(OC)c(OC)c4)nnc3c2cc1OC. The molecule has 150 valence electrons.